The number of benzene rings is 1. The lowest BCUT2D eigenvalue weighted by atomic mass is 10.00. The molecule has 1 N–H and O–H groups in total. The molecule has 1 aliphatic heterocycles. The molecule has 21 heavy (non-hydrogen) atoms. The number of hydrogen-bond acceptors (Lipinski definition) is 4. The summed E-state index contributed by atoms with van der Waals surface area (Å²) in [6, 6.07) is 5.84. The molecular weight excluding hydrogens is 274 g/mol. The van der Waals surface area contributed by atoms with Crippen LogP contribution in [0.2, 0.25) is 0 Å². The molecule has 1 saturated heterocycles. The van der Waals surface area contributed by atoms with E-state index in [1.807, 2.05) is 7.05 Å². The summed E-state index contributed by atoms with van der Waals surface area (Å²) in [7, 11) is 1.97. The zero-order chi connectivity index (χ0) is 14.8. The first kappa shape index (κ1) is 13.9. The number of aromatic nitrogens is 2. The lowest BCUT2D eigenvalue weighted by Gasteiger charge is -2.26. The van der Waals surface area contributed by atoms with E-state index in [0.29, 0.717) is 5.95 Å². The summed E-state index contributed by atoms with van der Waals surface area (Å²) in [5.41, 5.74) is 0.752. The van der Waals surface area contributed by atoms with Crippen molar-refractivity contribution in [1.29, 1.82) is 0 Å². The molecule has 0 amide bonds. The predicted octanol–water partition coefficient (Wildman–Crippen LogP) is 2.61. The molecule has 6 heteroatoms. The minimum atomic E-state index is -0.824. The summed E-state index contributed by atoms with van der Waals surface area (Å²) in [5, 5.41) is 3.27. The predicted molar refractivity (Wildman–Crippen MR) is 75.8 cm³/mol. The minimum Gasteiger partial charge on any atom is -0.350 e. The number of likely N-dealkylation sites (N-methyl/N-ethyl adjacent to an activating group) is 1. The SMILES string of the molecule is CN1CC[C@@H](Nc2ncccn2)[C@H]1c1ccc(F)c(F)c1. The average Bonchev–Trinajstić information content (AvgIpc) is 2.84. The van der Waals surface area contributed by atoms with Gasteiger partial charge >= 0.3 is 0 Å². The summed E-state index contributed by atoms with van der Waals surface area (Å²) in [6.45, 7) is 0.869. The summed E-state index contributed by atoms with van der Waals surface area (Å²) < 4.78 is 26.6. The second-order valence-electron chi connectivity index (χ2n) is 5.21. The van der Waals surface area contributed by atoms with Crippen LogP contribution in [0.5, 0.6) is 0 Å². The maximum Gasteiger partial charge on any atom is 0.222 e. The van der Waals surface area contributed by atoms with Crippen LogP contribution < -0.4 is 5.32 Å². The monoisotopic (exact) mass is 290 g/mol. The highest BCUT2D eigenvalue weighted by molar-refractivity contribution is 5.31. The molecule has 0 aliphatic carbocycles. The number of halogens is 2. The number of rotatable bonds is 3. The van der Waals surface area contributed by atoms with E-state index in [-0.39, 0.29) is 12.1 Å². The van der Waals surface area contributed by atoms with Crippen LogP contribution in [-0.2, 0) is 0 Å². The second-order valence-corrected chi connectivity index (χ2v) is 5.21. The van der Waals surface area contributed by atoms with E-state index in [2.05, 4.69) is 20.2 Å². The van der Waals surface area contributed by atoms with Crippen LogP contribution in [0.4, 0.5) is 14.7 Å². The Morgan fingerprint density at radius 3 is 2.67 bits per heavy atom. The van der Waals surface area contributed by atoms with Gasteiger partial charge in [-0.3, -0.25) is 4.90 Å². The summed E-state index contributed by atoms with van der Waals surface area (Å²) in [5.74, 6) is -1.09. The Bertz CT molecular complexity index is 620. The van der Waals surface area contributed by atoms with Crippen LogP contribution >= 0.6 is 0 Å². The van der Waals surface area contributed by atoms with Crippen molar-refractivity contribution in [1.82, 2.24) is 14.9 Å². The van der Waals surface area contributed by atoms with E-state index >= 15 is 0 Å². The van der Waals surface area contributed by atoms with Crippen molar-refractivity contribution in [2.75, 3.05) is 18.9 Å². The molecule has 1 aliphatic rings. The van der Waals surface area contributed by atoms with Crippen molar-refractivity contribution >= 4 is 5.95 Å². The third kappa shape index (κ3) is 2.85. The van der Waals surface area contributed by atoms with Crippen molar-refractivity contribution in [3.8, 4) is 0 Å². The zero-order valence-electron chi connectivity index (χ0n) is 11.6. The highest BCUT2D eigenvalue weighted by Crippen LogP contribution is 2.33. The van der Waals surface area contributed by atoms with Gasteiger partial charge in [0.2, 0.25) is 5.95 Å². The Hall–Kier alpha value is -2.08. The largest absolute Gasteiger partial charge is 0.350 e. The summed E-state index contributed by atoms with van der Waals surface area (Å²) >= 11 is 0. The summed E-state index contributed by atoms with van der Waals surface area (Å²) in [4.78, 5) is 10.4. The van der Waals surface area contributed by atoms with Gasteiger partial charge in [0.05, 0.1) is 6.04 Å². The van der Waals surface area contributed by atoms with Crippen LogP contribution in [0.3, 0.4) is 0 Å². The molecule has 0 unspecified atom stereocenters. The zero-order valence-corrected chi connectivity index (χ0v) is 11.6. The van der Waals surface area contributed by atoms with E-state index in [1.54, 1.807) is 24.5 Å². The molecule has 2 aromatic rings. The van der Waals surface area contributed by atoms with Gasteiger partial charge in [-0.25, -0.2) is 18.7 Å². The van der Waals surface area contributed by atoms with E-state index in [4.69, 9.17) is 0 Å². The van der Waals surface area contributed by atoms with Crippen molar-refractivity contribution in [2.45, 2.75) is 18.5 Å². The molecule has 1 fully saturated rings. The van der Waals surface area contributed by atoms with E-state index in [9.17, 15) is 8.78 Å². The molecular formula is C15H16F2N4. The maximum atomic E-state index is 13.5. The third-order valence-corrected chi connectivity index (χ3v) is 3.81. The first-order valence-electron chi connectivity index (χ1n) is 6.84. The van der Waals surface area contributed by atoms with Gasteiger partial charge in [-0.2, -0.15) is 0 Å². The topological polar surface area (TPSA) is 41.0 Å². The van der Waals surface area contributed by atoms with Crippen molar-refractivity contribution in [3.63, 3.8) is 0 Å². The van der Waals surface area contributed by atoms with Crippen molar-refractivity contribution in [2.24, 2.45) is 0 Å². The van der Waals surface area contributed by atoms with Crippen molar-refractivity contribution < 1.29 is 8.78 Å². The van der Waals surface area contributed by atoms with Crippen LogP contribution in [-0.4, -0.2) is 34.5 Å². The van der Waals surface area contributed by atoms with Gasteiger partial charge < -0.3 is 5.32 Å². The molecule has 2 atom stereocenters. The van der Waals surface area contributed by atoms with Crippen LogP contribution in [0, 0.1) is 11.6 Å². The van der Waals surface area contributed by atoms with Crippen LogP contribution in [0.15, 0.2) is 36.7 Å². The molecule has 4 nitrogen and oxygen atoms in total. The second kappa shape index (κ2) is 5.73. The number of likely N-dealkylation sites (tertiary alicyclic amines) is 1. The van der Waals surface area contributed by atoms with Crippen LogP contribution in [0.1, 0.15) is 18.0 Å². The summed E-state index contributed by atoms with van der Waals surface area (Å²) in [6.07, 6.45) is 4.22. The van der Waals surface area contributed by atoms with Gasteiger partial charge in [0.15, 0.2) is 11.6 Å². The highest BCUT2D eigenvalue weighted by atomic mass is 19.2. The van der Waals surface area contributed by atoms with Gasteiger partial charge in [0.1, 0.15) is 0 Å². The average molecular weight is 290 g/mol. The van der Waals surface area contributed by atoms with Crippen LogP contribution in [0.25, 0.3) is 0 Å². The standard InChI is InChI=1S/C15H16F2N4/c1-21-8-5-13(20-15-18-6-2-7-19-15)14(21)10-3-4-11(16)12(17)9-10/h2-4,6-7,9,13-14H,5,8H2,1H3,(H,18,19,20)/t13-,14-/m1/s1. The van der Waals surface area contributed by atoms with Gasteiger partial charge in [0.25, 0.3) is 0 Å². The Labute approximate surface area is 121 Å². The highest BCUT2D eigenvalue weighted by Gasteiger charge is 2.33. The fourth-order valence-corrected chi connectivity index (χ4v) is 2.82. The van der Waals surface area contributed by atoms with E-state index in [1.165, 1.54) is 12.1 Å². The molecule has 3 rings (SSSR count). The molecule has 1 aromatic carbocycles. The molecule has 0 radical (unpaired) electrons. The lowest BCUT2D eigenvalue weighted by Crippen LogP contribution is -2.29. The van der Waals surface area contributed by atoms with Crippen molar-refractivity contribution in [3.05, 3.63) is 53.9 Å². The minimum absolute atomic E-state index is 0.0380. The fourth-order valence-electron chi connectivity index (χ4n) is 2.82. The Morgan fingerprint density at radius 1 is 1.19 bits per heavy atom. The first-order valence-corrected chi connectivity index (χ1v) is 6.84. The maximum absolute atomic E-state index is 13.5. The molecule has 1 aromatic heterocycles. The van der Waals surface area contributed by atoms with Gasteiger partial charge in [-0.1, -0.05) is 6.07 Å². The Morgan fingerprint density at radius 2 is 1.95 bits per heavy atom. The quantitative estimate of drug-likeness (QED) is 0.943. The van der Waals surface area contributed by atoms with Gasteiger partial charge in [-0.15, -0.1) is 0 Å². The normalized spacial score (nSPS) is 22.4. The smallest absolute Gasteiger partial charge is 0.222 e. The number of anilines is 1. The van der Waals surface area contributed by atoms with Gasteiger partial charge in [-0.05, 0) is 37.2 Å². The Kier molecular flexibility index (Phi) is 3.79. The van der Waals surface area contributed by atoms with E-state index < -0.39 is 11.6 Å². The molecule has 0 saturated carbocycles. The number of nitrogens with zero attached hydrogens (tertiary/aromatic N) is 3. The Balaban J connectivity index is 1.85. The molecule has 110 valence electrons. The lowest BCUT2D eigenvalue weighted by molar-refractivity contribution is 0.307. The molecule has 0 spiro atoms. The van der Waals surface area contributed by atoms with Gasteiger partial charge in [0, 0.05) is 25.0 Å². The molecule has 2 heterocycles. The fraction of sp³-hybridized carbons (Fsp3) is 0.333. The third-order valence-electron chi connectivity index (χ3n) is 3.81. The number of nitrogens with one attached hydrogen (secondary N) is 1. The molecule has 0 bridgehead atoms. The first-order chi connectivity index (χ1) is 10.1. The number of hydrogen-bond donors (Lipinski definition) is 1. The van der Waals surface area contributed by atoms with E-state index in [0.717, 1.165) is 18.5 Å².